The maximum atomic E-state index is 14.0. The fraction of sp³-hybridized carbons (Fsp3) is 0.625. The van der Waals surface area contributed by atoms with Crippen LogP contribution in [-0.2, 0) is 6.54 Å². The Kier molecular flexibility index (Phi) is 4.97. The van der Waals surface area contributed by atoms with Crippen LogP contribution in [0.4, 0.5) is 8.78 Å². The van der Waals surface area contributed by atoms with E-state index in [4.69, 9.17) is 4.74 Å². The predicted octanol–water partition coefficient (Wildman–Crippen LogP) is 3.89. The van der Waals surface area contributed by atoms with Gasteiger partial charge in [0.25, 0.3) is 0 Å². The molecule has 112 valence electrons. The first-order valence-electron chi connectivity index (χ1n) is 7.28. The van der Waals surface area contributed by atoms with E-state index in [0.29, 0.717) is 23.9 Å². The van der Waals surface area contributed by atoms with Gasteiger partial charge in [0.1, 0.15) is 0 Å². The number of halogens is 2. The van der Waals surface area contributed by atoms with Crippen molar-refractivity contribution in [1.82, 2.24) is 5.32 Å². The van der Waals surface area contributed by atoms with Gasteiger partial charge in [-0.3, -0.25) is 0 Å². The van der Waals surface area contributed by atoms with Gasteiger partial charge >= 0.3 is 0 Å². The van der Waals surface area contributed by atoms with Gasteiger partial charge < -0.3 is 10.1 Å². The second-order valence-corrected chi connectivity index (χ2v) is 6.08. The molecule has 0 saturated heterocycles. The Labute approximate surface area is 119 Å². The number of benzene rings is 1. The molecule has 0 aliphatic heterocycles. The summed E-state index contributed by atoms with van der Waals surface area (Å²) in [5, 5.41) is 2.88. The van der Waals surface area contributed by atoms with Gasteiger partial charge in [-0.15, -0.1) is 0 Å². The zero-order valence-electron chi connectivity index (χ0n) is 12.4. The third-order valence-corrected chi connectivity index (χ3v) is 3.86. The summed E-state index contributed by atoms with van der Waals surface area (Å²) in [5.41, 5.74) is 0.584. The molecular formula is C16H23F2NO. The average molecular weight is 283 g/mol. The highest BCUT2D eigenvalue weighted by Gasteiger charge is 2.27. The van der Waals surface area contributed by atoms with E-state index in [1.54, 1.807) is 7.05 Å². The summed E-state index contributed by atoms with van der Waals surface area (Å²) in [6.45, 7) is 4.76. The Balaban J connectivity index is 2.12. The average Bonchev–Trinajstić information content (AvgIpc) is 2.33. The van der Waals surface area contributed by atoms with Crippen LogP contribution in [0.5, 0.6) is 5.75 Å². The maximum absolute atomic E-state index is 14.0. The summed E-state index contributed by atoms with van der Waals surface area (Å²) < 4.78 is 33.6. The summed E-state index contributed by atoms with van der Waals surface area (Å²) in [7, 11) is 1.74. The number of ether oxygens (including phenoxy) is 1. The molecule has 2 rings (SSSR count). The molecule has 0 radical (unpaired) electrons. The monoisotopic (exact) mass is 283 g/mol. The Morgan fingerprint density at radius 2 is 1.65 bits per heavy atom. The highest BCUT2D eigenvalue weighted by molar-refractivity contribution is 5.31. The van der Waals surface area contributed by atoms with Crippen molar-refractivity contribution in [2.45, 2.75) is 45.8 Å². The molecule has 1 N–H and O–H groups in total. The number of hydrogen-bond acceptors (Lipinski definition) is 2. The maximum Gasteiger partial charge on any atom is 0.191 e. The van der Waals surface area contributed by atoms with Crippen molar-refractivity contribution in [3.05, 3.63) is 29.3 Å². The van der Waals surface area contributed by atoms with Gasteiger partial charge in [-0.05, 0) is 55.8 Å². The SMILES string of the molecule is CNCc1cc(F)c(OC2CC(C)CC(C)C2)c(F)c1. The summed E-state index contributed by atoms with van der Waals surface area (Å²) in [4.78, 5) is 0. The molecule has 0 spiro atoms. The standard InChI is InChI=1S/C16H23F2NO/c1-10-4-11(2)6-13(5-10)20-16-14(17)7-12(9-19-3)8-15(16)18/h7-8,10-11,13,19H,4-6,9H2,1-3H3. The minimum absolute atomic E-state index is 0.0899. The van der Waals surface area contributed by atoms with E-state index < -0.39 is 11.6 Å². The zero-order valence-corrected chi connectivity index (χ0v) is 12.4. The lowest BCUT2D eigenvalue weighted by Gasteiger charge is -2.31. The highest BCUT2D eigenvalue weighted by atomic mass is 19.1. The largest absolute Gasteiger partial charge is 0.484 e. The lowest BCUT2D eigenvalue weighted by molar-refractivity contribution is 0.0927. The summed E-state index contributed by atoms with van der Waals surface area (Å²) in [6, 6.07) is 2.68. The lowest BCUT2D eigenvalue weighted by atomic mass is 9.82. The zero-order chi connectivity index (χ0) is 14.7. The molecule has 0 amide bonds. The smallest absolute Gasteiger partial charge is 0.191 e. The van der Waals surface area contributed by atoms with Crippen LogP contribution in [0.15, 0.2) is 12.1 Å². The van der Waals surface area contributed by atoms with Gasteiger partial charge in [0, 0.05) is 6.54 Å². The second kappa shape index (κ2) is 6.53. The number of nitrogens with one attached hydrogen (secondary N) is 1. The van der Waals surface area contributed by atoms with Crippen molar-refractivity contribution in [3.8, 4) is 5.75 Å². The third-order valence-electron chi connectivity index (χ3n) is 3.86. The first-order chi connectivity index (χ1) is 9.49. The molecular weight excluding hydrogens is 260 g/mol. The fourth-order valence-electron chi connectivity index (χ4n) is 3.17. The van der Waals surface area contributed by atoms with Gasteiger partial charge in [0.2, 0.25) is 0 Å². The summed E-state index contributed by atoms with van der Waals surface area (Å²) >= 11 is 0. The van der Waals surface area contributed by atoms with E-state index in [0.717, 1.165) is 19.3 Å². The molecule has 1 fully saturated rings. The van der Waals surface area contributed by atoms with E-state index in [-0.39, 0.29) is 11.9 Å². The Hall–Kier alpha value is -1.16. The first-order valence-corrected chi connectivity index (χ1v) is 7.28. The molecule has 1 aliphatic carbocycles. The number of rotatable bonds is 4. The van der Waals surface area contributed by atoms with Gasteiger partial charge in [-0.1, -0.05) is 13.8 Å². The van der Waals surface area contributed by atoms with Crippen molar-refractivity contribution < 1.29 is 13.5 Å². The Morgan fingerprint density at radius 3 is 2.15 bits per heavy atom. The van der Waals surface area contributed by atoms with Crippen LogP contribution in [-0.4, -0.2) is 13.2 Å². The molecule has 2 unspecified atom stereocenters. The van der Waals surface area contributed by atoms with Crippen molar-refractivity contribution in [2.75, 3.05) is 7.05 Å². The Bertz CT molecular complexity index is 431. The molecule has 1 aliphatic rings. The van der Waals surface area contributed by atoms with E-state index in [1.807, 2.05) is 0 Å². The number of hydrogen-bond donors (Lipinski definition) is 1. The molecule has 2 atom stereocenters. The van der Waals surface area contributed by atoms with Gasteiger partial charge in [-0.2, -0.15) is 0 Å². The predicted molar refractivity (Wildman–Crippen MR) is 75.7 cm³/mol. The Morgan fingerprint density at radius 1 is 1.10 bits per heavy atom. The van der Waals surface area contributed by atoms with Crippen LogP contribution < -0.4 is 10.1 Å². The second-order valence-electron chi connectivity index (χ2n) is 6.08. The minimum atomic E-state index is -0.610. The van der Waals surface area contributed by atoms with Crippen molar-refractivity contribution in [2.24, 2.45) is 11.8 Å². The molecule has 1 aromatic carbocycles. The van der Waals surface area contributed by atoms with Crippen molar-refractivity contribution in [3.63, 3.8) is 0 Å². The molecule has 0 aromatic heterocycles. The van der Waals surface area contributed by atoms with Gasteiger partial charge in [0.15, 0.2) is 17.4 Å². The van der Waals surface area contributed by atoms with Crippen LogP contribution in [0.3, 0.4) is 0 Å². The molecule has 1 aromatic rings. The van der Waals surface area contributed by atoms with Gasteiger partial charge in [-0.25, -0.2) is 8.78 Å². The third kappa shape index (κ3) is 3.69. The molecule has 1 saturated carbocycles. The lowest BCUT2D eigenvalue weighted by Crippen LogP contribution is -2.29. The van der Waals surface area contributed by atoms with Crippen molar-refractivity contribution >= 4 is 0 Å². The normalized spacial score (nSPS) is 26.6. The summed E-state index contributed by atoms with van der Waals surface area (Å²) in [6.07, 6.45) is 2.79. The summed E-state index contributed by atoms with van der Waals surface area (Å²) in [5.74, 6) is -0.365. The van der Waals surface area contributed by atoms with Crippen molar-refractivity contribution in [1.29, 1.82) is 0 Å². The molecule has 20 heavy (non-hydrogen) atoms. The van der Waals surface area contributed by atoms with Crippen LogP contribution >= 0.6 is 0 Å². The van der Waals surface area contributed by atoms with Crippen LogP contribution in [0, 0.1) is 23.5 Å². The molecule has 4 heteroatoms. The topological polar surface area (TPSA) is 21.3 Å². The van der Waals surface area contributed by atoms with Crippen LogP contribution in [0.2, 0.25) is 0 Å². The van der Waals surface area contributed by atoms with Gasteiger partial charge in [0.05, 0.1) is 6.10 Å². The van der Waals surface area contributed by atoms with E-state index in [1.165, 1.54) is 12.1 Å². The molecule has 2 nitrogen and oxygen atoms in total. The fourth-order valence-corrected chi connectivity index (χ4v) is 3.17. The van der Waals surface area contributed by atoms with Crippen LogP contribution in [0.25, 0.3) is 0 Å². The molecule has 0 heterocycles. The van der Waals surface area contributed by atoms with E-state index >= 15 is 0 Å². The first kappa shape index (κ1) is 15.2. The van der Waals surface area contributed by atoms with E-state index in [2.05, 4.69) is 19.2 Å². The van der Waals surface area contributed by atoms with E-state index in [9.17, 15) is 8.78 Å². The quantitative estimate of drug-likeness (QED) is 0.905. The highest BCUT2D eigenvalue weighted by Crippen LogP contribution is 2.33. The molecule has 0 bridgehead atoms. The minimum Gasteiger partial charge on any atom is -0.484 e. The van der Waals surface area contributed by atoms with Crippen LogP contribution in [0.1, 0.15) is 38.7 Å².